The molecule has 1 heterocycles. The summed E-state index contributed by atoms with van der Waals surface area (Å²) < 4.78 is 0. The van der Waals surface area contributed by atoms with Gasteiger partial charge in [0.05, 0.1) is 17.8 Å². The van der Waals surface area contributed by atoms with Gasteiger partial charge in [-0.25, -0.2) is 4.98 Å². The second kappa shape index (κ2) is 4.18. The number of hydrogen-bond donors (Lipinski definition) is 2. The van der Waals surface area contributed by atoms with Crippen molar-refractivity contribution in [2.45, 2.75) is 12.8 Å². The molecule has 4 heteroatoms. The molecule has 0 radical (unpaired) electrons. The smallest absolute Gasteiger partial charge is 0.227 e. The highest BCUT2D eigenvalue weighted by molar-refractivity contribution is 5.80. The second-order valence-corrected chi connectivity index (χ2v) is 3.67. The van der Waals surface area contributed by atoms with Gasteiger partial charge >= 0.3 is 0 Å². The van der Waals surface area contributed by atoms with E-state index in [1.54, 1.807) is 13.1 Å². The Morgan fingerprint density at radius 2 is 2.06 bits per heavy atom. The first-order valence-electron chi connectivity index (χ1n) is 5.08. The molecule has 0 saturated heterocycles. The van der Waals surface area contributed by atoms with Crippen LogP contribution in [0.1, 0.15) is 18.7 Å². The maximum Gasteiger partial charge on any atom is 0.227 e. The molecule has 0 spiro atoms. The minimum atomic E-state index is -0.391. The number of H-pyrrole nitrogens is 1. The van der Waals surface area contributed by atoms with Gasteiger partial charge in [-0.1, -0.05) is 30.3 Å². The van der Waals surface area contributed by atoms with Crippen LogP contribution in [0.25, 0.3) is 11.3 Å². The molecule has 0 aliphatic heterocycles. The van der Waals surface area contributed by atoms with Crippen molar-refractivity contribution in [2.75, 3.05) is 0 Å². The maximum absolute atomic E-state index is 11.0. The minimum Gasteiger partial charge on any atom is -0.369 e. The number of primary amides is 1. The fourth-order valence-electron chi connectivity index (χ4n) is 1.46. The number of benzene rings is 1. The molecule has 82 valence electrons. The van der Waals surface area contributed by atoms with Crippen LogP contribution in [-0.2, 0) is 4.79 Å². The number of aromatic amines is 1. The number of carbonyl (C=O) groups is 1. The van der Waals surface area contributed by atoms with Gasteiger partial charge in [0.1, 0.15) is 5.82 Å². The monoisotopic (exact) mass is 215 g/mol. The molecule has 2 rings (SSSR count). The van der Waals surface area contributed by atoms with E-state index in [9.17, 15) is 4.79 Å². The summed E-state index contributed by atoms with van der Waals surface area (Å²) in [7, 11) is 0. The number of hydrogen-bond acceptors (Lipinski definition) is 2. The molecule has 3 N–H and O–H groups in total. The summed E-state index contributed by atoms with van der Waals surface area (Å²) in [6, 6.07) is 9.81. The third-order valence-electron chi connectivity index (χ3n) is 2.52. The molecule has 0 aliphatic rings. The Balaban J connectivity index is 2.30. The van der Waals surface area contributed by atoms with E-state index < -0.39 is 5.92 Å². The summed E-state index contributed by atoms with van der Waals surface area (Å²) in [5, 5.41) is 0. The second-order valence-electron chi connectivity index (χ2n) is 3.67. The van der Waals surface area contributed by atoms with Gasteiger partial charge in [-0.15, -0.1) is 0 Å². The average molecular weight is 215 g/mol. The molecule has 16 heavy (non-hydrogen) atoms. The fraction of sp³-hybridized carbons (Fsp3) is 0.167. The van der Waals surface area contributed by atoms with Gasteiger partial charge in [0.2, 0.25) is 5.91 Å². The number of nitrogens with one attached hydrogen (secondary N) is 1. The zero-order chi connectivity index (χ0) is 11.5. The Hall–Kier alpha value is -2.10. The van der Waals surface area contributed by atoms with Crippen molar-refractivity contribution in [2.24, 2.45) is 5.73 Å². The summed E-state index contributed by atoms with van der Waals surface area (Å²) >= 11 is 0. The molecule has 1 unspecified atom stereocenters. The summed E-state index contributed by atoms with van der Waals surface area (Å²) in [5.74, 6) is -0.169. The first kappa shape index (κ1) is 10.4. The lowest BCUT2D eigenvalue weighted by Gasteiger charge is -2.02. The first-order valence-corrected chi connectivity index (χ1v) is 5.08. The van der Waals surface area contributed by atoms with E-state index in [1.165, 1.54) is 0 Å². The minimum absolute atomic E-state index is 0.381. The number of nitrogens with two attached hydrogens (primary N) is 1. The highest BCUT2D eigenvalue weighted by atomic mass is 16.1. The highest BCUT2D eigenvalue weighted by Gasteiger charge is 2.15. The van der Waals surface area contributed by atoms with Crippen LogP contribution in [0.5, 0.6) is 0 Å². The van der Waals surface area contributed by atoms with Gasteiger partial charge in [-0.05, 0) is 12.5 Å². The molecule has 0 bridgehead atoms. The first-order chi connectivity index (χ1) is 7.68. The van der Waals surface area contributed by atoms with Crippen molar-refractivity contribution in [3.8, 4) is 11.3 Å². The van der Waals surface area contributed by atoms with E-state index in [0.29, 0.717) is 5.82 Å². The van der Waals surface area contributed by atoms with Crippen LogP contribution in [0.3, 0.4) is 0 Å². The molecule has 0 aliphatic carbocycles. The zero-order valence-electron chi connectivity index (χ0n) is 8.97. The SMILES string of the molecule is CC(C(N)=O)c1ncc(-c2ccccc2)[nH]1. The predicted molar refractivity (Wildman–Crippen MR) is 61.6 cm³/mol. The average Bonchev–Trinajstić information content (AvgIpc) is 2.78. The number of amides is 1. The molecule has 2 aromatic rings. The van der Waals surface area contributed by atoms with E-state index in [0.717, 1.165) is 11.3 Å². The standard InChI is InChI=1S/C12H13N3O/c1-8(11(13)16)12-14-7-10(15-12)9-5-3-2-4-6-9/h2-8H,1H3,(H2,13,16)(H,14,15). The third-order valence-corrected chi connectivity index (χ3v) is 2.52. The number of rotatable bonds is 3. The molecule has 0 saturated carbocycles. The van der Waals surface area contributed by atoms with Crippen molar-refractivity contribution in [1.82, 2.24) is 9.97 Å². The number of carbonyl (C=O) groups excluding carboxylic acids is 1. The van der Waals surface area contributed by atoms with E-state index in [-0.39, 0.29) is 5.91 Å². The third kappa shape index (κ3) is 1.95. The zero-order valence-corrected chi connectivity index (χ0v) is 8.97. The van der Waals surface area contributed by atoms with Gasteiger partial charge in [0.25, 0.3) is 0 Å². The number of aromatic nitrogens is 2. The molecule has 1 amide bonds. The normalized spacial score (nSPS) is 12.3. The van der Waals surface area contributed by atoms with Crippen molar-refractivity contribution < 1.29 is 4.79 Å². The summed E-state index contributed by atoms with van der Waals surface area (Å²) in [6.45, 7) is 1.73. The largest absolute Gasteiger partial charge is 0.369 e. The van der Waals surface area contributed by atoms with Crippen LogP contribution in [0.2, 0.25) is 0 Å². The van der Waals surface area contributed by atoms with Crippen LogP contribution in [-0.4, -0.2) is 15.9 Å². The molecule has 1 aromatic carbocycles. The van der Waals surface area contributed by atoms with Crippen molar-refractivity contribution >= 4 is 5.91 Å². The molecule has 1 atom stereocenters. The van der Waals surface area contributed by atoms with Crippen LogP contribution >= 0.6 is 0 Å². The topological polar surface area (TPSA) is 71.8 Å². The Morgan fingerprint density at radius 3 is 2.69 bits per heavy atom. The van der Waals surface area contributed by atoms with Crippen molar-refractivity contribution in [3.63, 3.8) is 0 Å². The molecule has 1 aromatic heterocycles. The molecule has 4 nitrogen and oxygen atoms in total. The maximum atomic E-state index is 11.0. The summed E-state index contributed by atoms with van der Waals surface area (Å²) in [4.78, 5) is 18.3. The summed E-state index contributed by atoms with van der Waals surface area (Å²) in [6.07, 6.45) is 1.71. The van der Waals surface area contributed by atoms with E-state index in [1.807, 2.05) is 30.3 Å². The van der Waals surface area contributed by atoms with E-state index in [2.05, 4.69) is 9.97 Å². The Labute approximate surface area is 93.5 Å². The van der Waals surface area contributed by atoms with E-state index >= 15 is 0 Å². The van der Waals surface area contributed by atoms with Crippen LogP contribution in [0.15, 0.2) is 36.5 Å². The Morgan fingerprint density at radius 1 is 1.38 bits per heavy atom. The lowest BCUT2D eigenvalue weighted by molar-refractivity contribution is -0.119. The van der Waals surface area contributed by atoms with Crippen LogP contribution < -0.4 is 5.73 Å². The lowest BCUT2D eigenvalue weighted by atomic mass is 10.1. The highest BCUT2D eigenvalue weighted by Crippen LogP contribution is 2.19. The van der Waals surface area contributed by atoms with Gasteiger partial charge in [-0.2, -0.15) is 0 Å². The Kier molecular flexibility index (Phi) is 2.72. The van der Waals surface area contributed by atoms with Gasteiger partial charge in [-0.3, -0.25) is 4.79 Å². The number of imidazole rings is 1. The van der Waals surface area contributed by atoms with Crippen molar-refractivity contribution in [3.05, 3.63) is 42.4 Å². The number of nitrogens with zero attached hydrogens (tertiary/aromatic N) is 1. The molecule has 0 fully saturated rings. The van der Waals surface area contributed by atoms with E-state index in [4.69, 9.17) is 5.73 Å². The summed E-state index contributed by atoms with van der Waals surface area (Å²) in [5.41, 5.74) is 7.15. The van der Waals surface area contributed by atoms with Gasteiger partial charge in [0.15, 0.2) is 0 Å². The Bertz CT molecular complexity index is 490. The fourth-order valence-corrected chi connectivity index (χ4v) is 1.46. The van der Waals surface area contributed by atoms with Gasteiger partial charge < -0.3 is 10.7 Å². The molecular formula is C12H13N3O. The lowest BCUT2D eigenvalue weighted by Crippen LogP contribution is -2.19. The van der Waals surface area contributed by atoms with Crippen LogP contribution in [0.4, 0.5) is 0 Å². The van der Waals surface area contributed by atoms with Gasteiger partial charge in [0, 0.05) is 0 Å². The van der Waals surface area contributed by atoms with Crippen molar-refractivity contribution in [1.29, 1.82) is 0 Å². The molecular weight excluding hydrogens is 202 g/mol. The predicted octanol–water partition coefficient (Wildman–Crippen LogP) is 1.67. The van der Waals surface area contributed by atoms with Crippen LogP contribution in [0, 0.1) is 0 Å². The quantitative estimate of drug-likeness (QED) is 0.817.